The monoisotopic (exact) mass is 536 g/mol. The molecule has 0 atom stereocenters. The van der Waals surface area contributed by atoms with Crippen molar-refractivity contribution in [2.24, 2.45) is 0 Å². The van der Waals surface area contributed by atoms with E-state index in [1.807, 2.05) is 13.0 Å². The number of barbiturate groups is 1. The number of hydrogen-bond acceptors (Lipinski definition) is 5. The average Bonchev–Trinajstić information content (AvgIpc) is 2.70. The van der Waals surface area contributed by atoms with Crippen LogP contribution in [0.15, 0.2) is 50.9 Å². The highest BCUT2D eigenvalue weighted by Gasteiger charge is 2.37. The Morgan fingerprint density at radius 1 is 1.10 bits per heavy atom. The average molecular weight is 538 g/mol. The lowest BCUT2D eigenvalue weighted by molar-refractivity contribution is -0.122. The van der Waals surface area contributed by atoms with Crippen LogP contribution in [-0.4, -0.2) is 31.6 Å². The normalized spacial score (nSPS) is 15.4. The molecule has 1 fully saturated rings. The fourth-order valence-corrected chi connectivity index (χ4v) is 4.20. The van der Waals surface area contributed by atoms with Gasteiger partial charge < -0.3 is 9.47 Å². The molecule has 0 aromatic heterocycles. The number of imide groups is 2. The number of rotatable bonds is 6. The molecule has 0 bridgehead atoms. The second-order valence-corrected chi connectivity index (χ2v) is 8.08. The fraction of sp³-hybridized carbons (Fsp3) is 0.190. The van der Waals surface area contributed by atoms with E-state index in [-0.39, 0.29) is 5.57 Å². The second-order valence-electron chi connectivity index (χ2n) is 6.31. The largest absolute Gasteiger partial charge is 0.497 e. The molecular weight excluding hydrogens is 520 g/mol. The summed E-state index contributed by atoms with van der Waals surface area (Å²) in [6, 6.07) is 9.10. The number of anilines is 1. The van der Waals surface area contributed by atoms with E-state index in [9.17, 15) is 14.4 Å². The molecule has 9 heteroatoms. The Morgan fingerprint density at radius 3 is 2.43 bits per heavy atom. The highest BCUT2D eigenvalue weighted by Crippen LogP contribution is 2.35. The Bertz CT molecular complexity index is 1030. The van der Waals surface area contributed by atoms with Gasteiger partial charge >= 0.3 is 6.03 Å². The van der Waals surface area contributed by atoms with Gasteiger partial charge in [0, 0.05) is 10.0 Å². The van der Waals surface area contributed by atoms with Crippen molar-refractivity contribution in [3.63, 3.8) is 0 Å². The Balaban J connectivity index is 2.04. The molecule has 0 saturated carbocycles. The number of methoxy groups -OCH3 is 1. The molecule has 156 valence electrons. The van der Waals surface area contributed by atoms with E-state index in [1.54, 1.807) is 30.3 Å². The fourth-order valence-electron chi connectivity index (χ4n) is 2.82. The zero-order chi connectivity index (χ0) is 21.8. The summed E-state index contributed by atoms with van der Waals surface area (Å²) < 4.78 is 12.3. The number of urea groups is 1. The highest BCUT2D eigenvalue weighted by atomic mass is 79.9. The van der Waals surface area contributed by atoms with Crippen LogP contribution >= 0.6 is 31.9 Å². The van der Waals surface area contributed by atoms with Gasteiger partial charge in [-0.3, -0.25) is 14.9 Å². The molecule has 2 aromatic rings. The molecule has 0 spiro atoms. The molecule has 1 aliphatic rings. The van der Waals surface area contributed by atoms with Crippen LogP contribution in [0.1, 0.15) is 18.9 Å². The summed E-state index contributed by atoms with van der Waals surface area (Å²) in [6.45, 7) is 2.44. The Morgan fingerprint density at radius 2 is 1.80 bits per heavy atom. The number of nitrogens with one attached hydrogen (secondary N) is 1. The molecular formula is C21H18Br2N2O5. The smallest absolute Gasteiger partial charge is 0.335 e. The maximum absolute atomic E-state index is 13.1. The van der Waals surface area contributed by atoms with Crippen molar-refractivity contribution in [3.8, 4) is 11.5 Å². The van der Waals surface area contributed by atoms with Gasteiger partial charge in [-0.25, -0.2) is 9.69 Å². The second kappa shape index (κ2) is 9.44. The van der Waals surface area contributed by atoms with Crippen molar-refractivity contribution in [1.29, 1.82) is 0 Å². The van der Waals surface area contributed by atoms with E-state index in [2.05, 4.69) is 37.2 Å². The molecule has 1 saturated heterocycles. The predicted molar refractivity (Wildman–Crippen MR) is 120 cm³/mol. The number of hydrogen-bond donors (Lipinski definition) is 1. The molecule has 1 aliphatic heterocycles. The number of ether oxygens (including phenoxy) is 2. The molecule has 3 rings (SSSR count). The van der Waals surface area contributed by atoms with Crippen LogP contribution in [0.2, 0.25) is 0 Å². The van der Waals surface area contributed by atoms with Crippen molar-refractivity contribution in [2.45, 2.75) is 13.3 Å². The summed E-state index contributed by atoms with van der Waals surface area (Å²) in [4.78, 5) is 38.8. The summed E-state index contributed by atoms with van der Waals surface area (Å²) in [6.07, 6.45) is 2.21. The van der Waals surface area contributed by atoms with Crippen molar-refractivity contribution >= 4 is 61.5 Å². The van der Waals surface area contributed by atoms with Crippen molar-refractivity contribution in [2.75, 3.05) is 18.6 Å². The number of carbonyl (C=O) groups excluding carboxylic acids is 3. The van der Waals surface area contributed by atoms with E-state index in [0.29, 0.717) is 33.8 Å². The molecule has 7 nitrogen and oxygen atoms in total. The molecule has 1 N–H and O–H groups in total. The summed E-state index contributed by atoms with van der Waals surface area (Å²) in [7, 11) is 1.52. The van der Waals surface area contributed by atoms with Gasteiger partial charge in [0.1, 0.15) is 17.1 Å². The third-order valence-electron chi connectivity index (χ3n) is 4.22. The minimum atomic E-state index is -0.815. The van der Waals surface area contributed by atoms with E-state index in [1.165, 1.54) is 13.2 Å². The number of halogens is 2. The van der Waals surface area contributed by atoms with Gasteiger partial charge in [-0.1, -0.05) is 22.9 Å². The lowest BCUT2D eigenvalue weighted by atomic mass is 10.1. The van der Waals surface area contributed by atoms with Crippen LogP contribution in [0.3, 0.4) is 0 Å². The van der Waals surface area contributed by atoms with Gasteiger partial charge in [0.2, 0.25) is 0 Å². The van der Waals surface area contributed by atoms with Crippen LogP contribution in [0.25, 0.3) is 6.08 Å². The van der Waals surface area contributed by atoms with Gasteiger partial charge in [-0.2, -0.15) is 0 Å². The van der Waals surface area contributed by atoms with Gasteiger partial charge in [-0.05, 0) is 64.8 Å². The number of carbonyl (C=O) groups is 3. The lowest BCUT2D eigenvalue weighted by Crippen LogP contribution is -2.54. The topological polar surface area (TPSA) is 84.9 Å². The van der Waals surface area contributed by atoms with Gasteiger partial charge in [0.05, 0.1) is 23.9 Å². The third-order valence-corrected chi connectivity index (χ3v) is 5.27. The van der Waals surface area contributed by atoms with Crippen LogP contribution in [-0.2, 0) is 9.59 Å². The van der Waals surface area contributed by atoms with Crippen LogP contribution < -0.4 is 19.7 Å². The molecule has 0 radical (unpaired) electrons. The first-order valence-corrected chi connectivity index (χ1v) is 10.6. The van der Waals surface area contributed by atoms with Crippen molar-refractivity contribution in [1.82, 2.24) is 5.32 Å². The van der Waals surface area contributed by atoms with Gasteiger partial charge in [-0.15, -0.1) is 0 Å². The summed E-state index contributed by atoms with van der Waals surface area (Å²) in [5, 5.41) is 2.21. The van der Waals surface area contributed by atoms with Crippen LogP contribution in [0.4, 0.5) is 10.5 Å². The van der Waals surface area contributed by atoms with E-state index in [4.69, 9.17) is 9.47 Å². The van der Waals surface area contributed by atoms with E-state index >= 15 is 0 Å². The molecule has 0 unspecified atom stereocenters. The minimum absolute atomic E-state index is 0.184. The first kappa shape index (κ1) is 22.0. The van der Waals surface area contributed by atoms with Crippen LogP contribution in [0.5, 0.6) is 11.5 Å². The Kier molecular flexibility index (Phi) is 6.94. The number of nitrogens with zero attached hydrogens (tertiary/aromatic N) is 1. The molecule has 1 heterocycles. The van der Waals surface area contributed by atoms with Gasteiger partial charge in [0.15, 0.2) is 0 Å². The van der Waals surface area contributed by atoms with E-state index in [0.717, 1.165) is 15.8 Å². The lowest BCUT2D eigenvalue weighted by Gasteiger charge is -2.26. The SMILES string of the molecule is CCCOc1c(Br)cc(Br)cc1/C=C1/C(=O)NC(=O)N(c2ccc(OC)cc2)C1=O. The maximum atomic E-state index is 13.1. The highest BCUT2D eigenvalue weighted by molar-refractivity contribution is 9.11. The molecule has 2 aromatic carbocycles. The molecule has 30 heavy (non-hydrogen) atoms. The Hall–Kier alpha value is -2.65. The standard InChI is InChI=1S/C21H18Br2N2O5/c1-3-8-30-18-12(9-13(22)11-17(18)23)10-16-19(26)24-21(28)25(20(16)27)14-4-6-15(29-2)7-5-14/h4-7,9-11H,3,8H2,1-2H3,(H,24,26,28)/b16-10-. The predicted octanol–water partition coefficient (Wildman–Crippen LogP) is 4.68. The van der Waals surface area contributed by atoms with Crippen molar-refractivity contribution < 1.29 is 23.9 Å². The van der Waals surface area contributed by atoms with Crippen LogP contribution in [0, 0.1) is 0 Å². The summed E-state index contributed by atoms with van der Waals surface area (Å²) in [5.41, 5.74) is 0.651. The van der Waals surface area contributed by atoms with E-state index < -0.39 is 17.8 Å². The maximum Gasteiger partial charge on any atom is 0.335 e. The number of amides is 4. The van der Waals surface area contributed by atoms with Gasteiger partial charge in [0.25, 0.3) is 11.8 Å². The number of benzene rings is 2. The van der Waals surface area contributed by atoms with Crippen molar-refractivity contribution in [3.05, 3.63) is 56.5 Å². The zero-order valence-corrected chi connectivity index (χ0v) is 19.4. The Labute approximate surface area is 190 Å². The third kappa shape index (κ3) is 4.57. The summed E-state index contributed by atoms with van der Waals surface area (Å²) >= 11 is 6.85. The minimum Gasteiger partial charge on any atom is -0.497 e. The quantitative estimate of drug-likeness (QED) is 0.427. The molecule has 4 amide bonds. The first-order valence-electron chi connectivity index (χ1n) is 9.03. The first-order chi connectivity index (χ1) is 14.3. The zero-order valence-electron chi connectivity index (χ0n) is 16.2. The summed E-state index contributed by atoms with van der Waals surface area (Å²) in [5.74, 6) is -0.424. The molecule has 0 aliphatic carbocycles.